The van der Waals surface area contributed by atoms with Crippen molar-refractivity contribution < 1.29 is 0 Å². The SMILES string of the molecule is CC(C)N1CCC(Cc2cncc(-c3ccnn3C)n2)CC1. The van der Waals surface area contributed by atoms with Gasteiger partial charge in [0, 0.05) is 25.5 Å². The van der Waals surface area contributed by atoms with Crippen LogP contribution >= 0.6 is 0 Å². The molecular formula is C17H25N5. The Morgan fingerprint density at radius 1 is 1.23 bits per heavy atom. The van der Waals surface area contributed by atoms with Gasteiger partial charge in [-0.3, -0.25) is 9.67 Å². The summed E-state index contributed by atoms with van der Waals surface area (Å²) in [5.41, 5.74) is 3.03. The number of piperidine rings is 1. The number of nitrogens with zero attached hydrogens (tertiary/aromatic N) is 5. The fraction of sp³-hybridized carbons (Fsp3) is 0.588. The lowest BCUT2D eigenvalue weighted by molar-refractivity contribution is 0.149. The van der Waals surface area contributed by atoms with Gasteiger partial charge in [0.15, 0.2) is 0 Å². The van der Waals surface area contributed by atoms with E-state index in [2.05, 4.69) is 28.8 Å². The van der Waals surface area contributed by atoms with Crippen molar-refractivity contribution in [2.45, 2.75) is 39.2 Å². The molecule has 0 radical (unpaired) electrons. The fourth-order valence-electron chi connectivity index (χ4n) is 3.22. The lowest BCUT2D eigenvalue weighted by Crippen LogP contribution is -2.38. The predicted octanol–water partition coefficient (Wildman–Crippen LogP) is 2.54. The van der Waals surface area contributed by atoms with E-state index in [0.717, 1.165) is 29.4 Å². The zero-order chi connectivity index (χ0) is 15.5. The van der Waals surface area contributed by atoms with Gasteiger partial charge in [-0.05, 0) is 58.2 Å². The van der Waals surface area contributed by atoms with E-state index in [9.17, 15) is 0 Å². The second kappa shape index (κ2) is 6.57. The van der Waals surface area contributed by atoms with E-state index < -0.39 is 0 Å². The van der Waals surface area contributed by atoms with Crippen molar-refractivity contribution >= 4 is 0 Å². The van der Waals surface area contributed by atoms with E-state index in [4.69, 9.17) is 4.98 Å². The van der Waals surface area contributed by atoms with Crippen LogP contribution in [0.15, 0.2) is 24.7 Å². The van der Waals surface area contributed by atoms with Crippen LogP contribution in [0.25, 0.3) is 11.4 Å². The van der Waals surface area contributed by atoms with Crippen molar-refractivity contribution in [3.63, 3.8) is 0 Å². The van der Waals surface area contributed by atoms with Gasteiger partial charge in [-0.2, -0.15) is 5.10 Å². The average molecular weight is 299 g/mol. The van der Waals surface area contributed by atoms with Gasteiger partial charge in [-0.1, -0.05) is 0 Å². The number of rotatable bonds is 4. The molecule has 1 fully saturated rings. The average Bonchev–Trinajstić information content (AvgIpc) is 2.94. The molecule has 2 aromatic heterocycles. The minimum atomic E-state index is 0.661. The summed E-state index contributed by atoms with van der Waals surface area (Å²) in [7, 11) is 1.94. The third-order valence-corrected chi connectivity index (χ3v) is 4.65. The first kappa shape index (κ1) is 15.2. The lowest BCUT2D eigenvalue weighted by Gasteiger charge is -2.34. The highest BCUT2D eigenvalue weighted by Crippen LogP contribution is 2.23. The lowest BCUT2D eigenvalue weighted by atomic mass is 9.91. The maximum absolute atomic E-state index is 4.79. The van der Waals surface area contributed by atoms with Crippen LogP contribution in [0.5, 0.6) is 0 Å². The highest BCUT2D eigenvalue weighted by molar-refractivity contribution is 5.52. The Morgan fingerprint density at radius 3 is 2.64 bits per heavy atom. The normalized spacial score (nSPS) is 17.3. The van der Waals surface area contributed by atoms with Gasteiger partial charge in [-0.25, -0.2) is 4.98 Å². The Balaban J connectivity index is 1.66. The zero-order valence-corrected chi connectivity index (χ0v) is 13.7. The molecule has 3 heterocycles. The van der Waals surface area contributed by atoms with Crippen molar-refractivity contribution in [1.82, 2.24) is 24.6 Å². The molecule has 118 valence electrons. The largest absolute Gasteiger partial charge is 0.301 e. The van der Waals surface area contributed by atoms with Crippen LogP contribution < -0.4 is 0 Å². The fourth-order valence-corrected chi connectivity index (χ4v) is 3.22. The molecule has 0 spiro atoms. The molecule has 5 nitrogen and oxygen atoms in total. The molecule has 2 aromatic rings. The van der Waals surface area contributed by atoms with Gasteiger partial charge < -0.3 is 4.90 Å². The molecule has 0 atom stereocenters. The van der Waals surface area contributed by atoms with Crippen molar-refractivity contribution in [3.8, 4) is 11.4 Å². The first-order valence-electron chi connectivity index (χ1n) is 8.17. The summed E-state index contributed by atoms with van der Waals surface area (Å²) >= 11 is 0. The molecule has 5 heteroatoms. The monoisotopic (exact) mass is 299 g/mol. The first-order valence-corrected chi connectivity index (χ1v) is 8.17. The van der Waals surface area contributed by atoms with Crippen LogP contribution in [0.4, 0.5) is 0 Å². The molecule has 1 saturated heterocycles. The summed E-state index contributed by atoms with van der Waals surface area (Å²) in [4.78, 5) is 11.7. The molecule has 0 unspecified atom stereocenters. The van der Waals surface area contributed by atoms with Crippen LogP contribution in [-0.2, 0) is 13.5 Å². The molecule has 3 rings (SSSR count). The molecule has 0 aromatic carbocycles. The summed E-state index contributed by atoms with van der Waals surface area (Å²) in [6.45, 7) is 6.97. The minimum absolute atomic E-state index is 0.661. The third-order valence-electron chi connectivity index (χ3n) is 4.65. The van der Waals surface area contributed by atoms with Crippen LogP contribution in [0.1, 0.15) is 32.4 Å². The summed E-state index contributed by atoms with van der Waals surface area (Å²) in [6.07, 6.45) is 9.08. The number of likely N-dealkylation sites (tertiary alicyclic amines) is 1. The Hall–Kier alpha value is -1.75. The molecule has 0 aliphatic carbocycles. The number of hydrogen-bond acceptors (Lipinski definition) is 4. The maximum Gasteiger partial charge on any atom is 0.107 e. The smallest absolute Gasteiger partial charge is 0.107 e. The van der Waals surface area contributed by atoms with Crippen LogP contribution in [0.2, 0.25) is 0 Å². The quantitative estimate of drug-likeness (QED) is 0.870. The molecule has 1 aliphatic heterocycles. The molecule has 0 saturated carbocycles. The zero-order valence-electron chi connectivity index (χ0n) is 13.7. The van der Waals surface area contributed by atoms with Crippen LogP contribution in [-0.4, -0.2) is 43.8 Å². The second-order valence-electron chi connectivity index (χ2n) is 6.51. The van der Waals surface area contributed by atoms with E-state index >= 15 is 0 Å². The summed E-state index contributed by atoms with van der Waals surface area (Å²) in [5.74, 6) is 0.728. The maximum atomic E-state index is 4.79. The molecule has 0 bridgehead atoms. The topological polar surface area (TPSA) is 46.8 Å². The molecule has 0 N–H and O–H groups in total. The van der Waals surface area contributed by atoms with E-state index in [0.29, 0.717) is 6.04 Å². The summed E-state index contributed by atoms with van der Waals surface area (Å²) in [5, 5.41) is 4.21. The van der Waals surface area contributed by atoms with Gasteiger partial charge in [-0.15, -0.1) is 0 Å². The van der Waals surface area contributed by atoms with Gasteiger partial charge in [0.25, 0.3) is 0 Å². The Kier molecular flexibility index (Phi) is 4.52. The highest BCUT2D eigenvalue weighted by Gasteiger charge is 2.21. The van der Waals surface area contributed by atoms with E-state index in [1.54, 1.807) is 6.20 Å². The Morgan fingerprint density at radius 2 is 2.00 bits per heavy atom. The first-order chi connectivity index (χ1) is 10.6. The Labute approximate surface area is 132 Å². The molecular weight excluding hydrogens is 274 g/mol. The van der Waals surface area contributed by atoms with Crippen LogP contribution in [0.3, 0.4) is 0 Å². The standard InChI is InChI=1S/C17H25N5/c1-13(2)22-8-5-14(6-9-22)10-15-11-18-12-16(20-15)17-4-7-19-21(17)3/h4,7,11-14H,5-6,8-10H2,1-3H3. The van der Waals surface area contributed by atoms with E-state index in [1.165, 1.54) is 25.9 Å². The summed E-state index contributed by atoms with van der Waals surface area (Å²) < 4.78 is 1.84. The molecule has 0 amide bonds. The van der Waals surface area contributed by atoms with E-state index in [-0.39, 0.29) is 0 Å². The van der Waals surface area contributed by atoms with Crippen molar-refractivity contribution in [2.24, 2.45) is 13.0 Å². The van der Waals surface area contributed by atoms with E-state index in [1.807, 2.05) is 30.2 Å². The summed E-state index contributed by atoms with van der Waals surface area (Å²) in [6, 6.07) is 2.64. The Bertz CT molecular complexity index is 611. The third kappa shape index (κ3) is 3.35. The minimum Gasteiger partial charge on any atom is -0.301 e. The molecule has 22 heavy (non-hydrogen) atoms. The highest BCUT2D eigenvalue weighted by atomic mass is 15.3. The van der Waals surface area contributed by atoms with Crippen molar-refractivity contribution in [1.29, 1.82) is 0 Å². The number of aryl methyl sites for hydroxylation is 1. The van der Waals surface area contributed by atoms with Crippen molar-refractivity contribution in [2.75, 3.05) is 13.1 Å². The predicted molar refractivity (Wildman–Crippen MR) is 87.4 cm³/mol. The van der Waals surface area contributed by atoms with Gasteiger partial charge in [0.1, 0.15) is 5.69 Å². The van der Waals surface area contributed by atoms with Gasteiger partial charge in [0.05, 0.1) is 17.6 Å². The van der Waals surface area contributed by atoms with Crippen LogP contribution in [0, 0.1) is 5.92 Å². The number of aromatic nitrogens is 4. The molecule has 1 aliphatic rings. The van der Waals surface area contributed by atoms with Gasteiger partial charge in [0.2, 0.25) is 0 Å². The number of hydrogen-bond donors (Lipinski definition) is 0. The second-order valence-corrected chi connectivity index (χ2v) is 6.51. The van der Waals surface area contributed by atoms with Gasteiger partial charge >= 0.3 is 0 Å². The van der Waals surface area contributed by atoms with Crippen molar-refractivity contribution in [3.05, 3.63) is 30.4 Å².